The summed E-state index contributed by atoms with van der Waals surface area (Å²) >= 11 is 0. The van der Waals surface area contributed by atoms with Crippen molar-refractivity contribution in [3.05, 3.63) is 17.3 Å². The van der Waals surface area contributed by atoms with E-state index < -0.39 is 11.9 Å². The third-order valence-corrected chi connectivity index (χ3v) is 2.26. The Kier molecular flexibility index (Phi) is 2.11. The third-order valence-electron chi connectivity index (χ3n) is 2.26. The van der Waals surface area contributed by atoms with E-state index in [2.05, 4.69) is 0 Å². The molecule has 80 valence electrons. The lowest BCUT2D eigenvalue weighted by Gasteiger charge is -2.17. The topological polar surface area (TPSA) is 88.8 Å². The molecule has 6 nitrogen and oxygen atoms in total. The second-order valence-electron chi connectivity index (χ2n) is 3.21. The summed E-state index contributed by atoms with van der Waals surface area (Å²) in [7, 11) is 0. The SMILES string of the molecule is O=C(O)c1cc(C(=O)O)n2c1OCCC2. The van der Waals surface area contributed by atoms with E-state index in [-0.39, 0.29) is 17.1 Å². The van der Waals surface area contributed by atoms with E-state index in [1.165, 1.54) is 4.57 Å². The van der Waals surface area contributed by atoms with Crippen LogP contribution >= 0.6 is 0 Å². The summed E-state index contributed by atoms with van der Waals surface area (Å²) in [5, 5.41) is 17.7. The summed E-state index contributed by atoms with van der Waals surface area (Å²) in [6.07, 6.45) is 0.682. The molecule has 1 aromatic rings. The highest BCUT2D eigenvalue weighted by molar-refractivity contribution is 5.96. The van der Waals surface area contributed by atoms with Gasteiger partial charge >= 0.3 is 11.9 Å². The number of hydrogen-bond donors (Lipinski definition) is 2. The van der Waals surface area contributed by atoms with Gasteiger partial charge in [0.15, 0.2) is 0 Å². The zero-order valence-electron chi connectivity index (χ0n) is 7.77. The molecule has 15 heavy (non-hydrogen) atoms. The van der Waals surface area contributed by atoms with Crippen LogP contribution in [0, 0.1) is 0 Å². The summed E-state index contributed by atoms with van der Waals surface area (Å²) < 4.78 is 6.55. The van der Waals surface area contributed by atoms with Gasteiger partial charge in [-0.1, -0.05) is 0 Å². The van der Waals surface area contributed by atoms with Crippen LogP contribution in [0.15, 0.2) is 6.07 Å². The quantitative estimate of drug-likeness (QED) is 0.750. The van der Waals surface area contributed by atoms with E-state index in [9.17, 15) is 9.59 Å². The molecule has 1 aliphatic heterocycles. The molecule has 0 spiro atoms. The lowest BCUT2D eigenvalue weighted by atomic mass is 10.3. The first kappa shape index (κ1) is 9.57. The van der Waals surface area contributed by atoms with Crippen LogP contribution in [0.3, 0.4) is 0 Å². The smallest absolute Gasteiger partial charge is 0.352 e. The molecule has 0 aliphatic carbocycles. The van der Waals surface area contributed by atoms with Crippen LogP contribution < -0.4 is 4.74 Å². The Bertz CT molecular complexity index is 395. The van der Waals surface area contributed by atoms with Crippen LogP contribution in [0.25, 0.3) is 0 Å². The summed E-state index contributed by atoms with van der Waals surface area (Å²) in [4.78, 5) is 21.7. The predicted molar refractivity (Wildman–Crippen MR) is 48.5 cm³/mol. The van der Waals surface area contributed by atoms with Crippen molar-refractivity contribution < 1.29 is 24.5 Å². The summed E-state index contributed by atoms with van der Waals surface area (Å²) in [5.74, 6) is -2.17. The van der Waals surface area contributed by atoms with Crippen molar-refractivity contribution in [1.82, 2.24) is 4.57 Å². The number of rotatable bonds is 2. The molecule has 0 atom stereocenters. The van der Waals surface area contributed by atoms with Crippen molar-refractivity contribution in [2.24, 2.45) is 0 Å². The number of aromatic carboxylic acids is 2. The average Bonchev–Trinajstić information content (AvgIpc) is 2.56. The third kappa shape index (κ3) is 1.43. The Morgan fingerprint density at radius 1 is 1.33 bits per heavy atom. The van der Waals surface area contributed by atoms with Gasteiger partial charge in [0.1, 0.15) is 11.3 Å². The van der Waals surface area contributed by atoms with Crippen LogP contribution in [0.2, 0.25) is 0 Å². The molecular weight excluding hydrogens is 202 g/mol. The molecule has 0 amide bonds. The summed E-state index contributed by atoms with van der Waals surface area (Å²) in [5.41, 5.74) is -0.130. The molecular formula is C9H9NO5. The van der Waals surface area contributed by atoms with Crippen LogP contribution in [0.5, 0.6) is 5.88 Å². The molecule has 0 unspecified atom stereocenters. The van der Waals surface area contributed by atoms with Gasteiger partial charge in [-0.2, -0.15) is 0 Å². The van der Waals surface area contributed by atoms with Crippen molar-refractivity contribution in [2.75, 3.05) is 6.61 Å². The fourth-order valence-corrected chi connectivity index (χ4v) is 1.63. The molecule has 0 aromatic carbocycles. The van der Waals surface area contributed by atoms with Gasteiger partial charge in [0, 0.05) is 6.54 Å². The van der Waals surface area contributed by atoms with Gasteiger partial charge in [-0.15, -0.1) is 0 Å². The maximum absolute atomic E-state index is 10.8. The van der Waals surface area contributed by atoms with Crippen molar-refractivity contribution in [2.45, 2.75) is 13.0 Å². The van der Waals surface area contributed by atoms with E-state index in [0.29, 0.717) is 19.6 Å². The second-order valence-corrected chi connectivity index (χ2v) is 3.21. The number of aromatic nitrogens is 1. The van der Waals surface area contributed by atoms with E-state index in [1.54, 1.807) is 0 Å². The number of carboxylic acid groups (broad SMARTS) is 2. The van der Waals surface area contributed by atoms with Gasteiger partial charge in [0.2, 0.25) is 5.88 Å². The first-order chi connectivity index (χ1) is 7.11. The van der Waals surface area contributed by atoms with Gasteiger partial charge in [-0.25, -0.2) is 9.59 Å². The highest BCUT2D eigenvalue weighted by Gasteiger charge is 2.26. The molecule has 2 rings (SSSR count). The summed E-state index contributed by atoms with van der Waals surface area (Å²) in [6.45, 7) is 0.896. The fourth-order valence-electron chi connectivity index (χ4n) is 1.63. The monoisotopic (exact) mass is 211 g/mol. The minimum atomic E-state index is -1.17. The second kappa shape index (κ2) is 3.30. The van der Waals surface area contributed by atoms with Crippen molar-refractivity contribution in [3.8, 4) is 5.88 Å². The summed E-state index contributed by atoms with van der Waals surface area (Å²) in [6, 6.07) is 1.13. The van der Waals surface area contributed by atoms with E-state index >= 15 is 0 Å². The standard InChI is InChI=1S/C9H9NO5/c11-8(12)5-4-6(9(13)14)10-2-1-3-15-7(5)10/h4H,1-3H2,(H,11,12)(H,13,14). The number of nitrogens with zero attached hydrogens (tertiary/aromatic N) is 1. The molecule has 2 N–H and O–H groups in total. The maximum Gasteiger partial charge on any atom is 0.352 e. The van der Waals surface area contributed by atoms with Crippen molar-refractivity contribution in [1.29, 1.82) is 0 Å². The largest absolute Gasteiger partial charge is 0.478 e. The normalized spacial score (nSPS) is 14.1. The van der Waals surface area contributed by atoms with E-state index in [4.69, 9.17) is 14.9 Å². The van der Waals surface area contributed by atoms with Crippen molar-refractivity contribution in [3.63, 3.8) is 0 Å². The molecule has 0 saturated heterocycles. The molecule has 1 aliphatic rings. The van der Waals surface area contributed by atoms with E-state index in [1.807, 2.05) is 0 Å². The maximum atomic E-state index is 10.8. The fraction of sp³-hybridized carbons (Fsp3) is 0.333. The zero-order valence-corrected chi connectivity index (χ0v) is 7.77. The van der Waals surface area contributed by atoms with Crippen LogP contribution in [0.4, 0.5) is 0 Å². The number of hydrogen-bond acceptors (Lipinski definition) is 3. The highest BCUT2D eigenvalue weighted by atomic mass is 16.5. The Hall–Kier alpha value is -1.98. The molecule has 2 heterocycles. The number of ether oxygens (including phenoxy) is 1. The molecule has 0 fully saturated rings. The molecule has 0 bridgehead atoms. The first-order valence-corrected chi connectivity index (χ1v) is 4.44. The van der Waals surface area contributed by atoms with Crippen LogP contribution in [-0.2, 0) is 6.54 Å². The van der Waals surface area contributed by atoms with Gasteiger partial charge in [0.05, 0.1) is 6.61 Å². The Labute approximate surface area is 84.7 Å². The van der Waals surface area contributed by atoms with Gasteiger partial charge in [0.25, 0.3) is 0 Å². The predicted octanol–water partition coefficient (Wildman–Crippen LogP) is 0.667. The molecule has 0 saturated carbocycles. The average molecular weight is 211 g/mol. The lowest BCUT2D eigenvalue weighted by molar-refractivity contribution is 0.0671. The minimum absolute atomic E-state index is 0.0397. The number of carboxylic acids is 2. The van der Waals surface area contributed by atoms with Crippen LogP contribution in [-0.4, -0.2) is 33.3 Å². The van der Waals surface area contributed by atoms with Crippen LogP contribution in [0.1, 0.15) is 27.3 Å². The Morgan fingerprint density at radius 2 is 2.07 bits per heavy atom. The first-order valence-electron chi connectivity index (χ1n) is 4.44. The molecule has 1 aromatic heterocycles. The van der Waals surface area contributed by atoms with Gasteiger partial charge in [-0.05, 0) is 12.5 Å². The molecule has 6 heteroatoms. The van der Waals surface area contributed by atoms with Gasteiger partial charge < -0.3 is 19.5 Å². The van der Waals surface area contributed by atoms with Crippen molar-refractivity contribution >= 4 is 11.9 Å². The van der Waals surface area contributed by atoms with Gasteiger partial charge in [-0.3, -0.25) is 0 Å². The lowest BCUT2D eigenvalue weighted by Crippen LogP contribution is -2.18. The molecule has 0 radical (unpaired) electrons. The highest BCUT2D eigenvalue weighted by Crippen LogP contribution is 2.27. The zero-order chi connectivity index (χ0) is 11.0. The Morgan fingerprint density at radius 3 is 2.67 bits per heavy atom. The minimum Gasteiger partial charge on any atom is -0.478 e. The van der Waals surface area contributed by atoms with E-state index in [0.717, 1.165) is 6.07 Å². The number of fused-ring (bicyclic) bond motifs is 1. The Balaban J connectivity index is 2.59. The number of carbonyl (C=O) groups is 2.